The SMILES string of the molecule is Cc1ccc(N(C)c2ccc(CCN)cc2)c(C)c1. The third-order valence-electron chi connectivity index (χ3n) is 3.47. The van der Waals surface area contributed by atoms with E-state index in [2.05, 4.69) is 68.3 Å². The maximum absolute atomic E-state index is 5.57. The summed E-state index contributed by atoms with van der Waals surface area (Å²) in [5, 5.41) is 0. The molecule has 0 spiro atoms. The summed E-state index contributed by atoms with van der Waals surface area (Å²) in [7, 11) is 2.11. The molecule has 0 saturated heterocycles. The first-order valence-electron chi connectivity index (χ1n) is 6.72. The molecule has 0 aliphatic carbocycles. The van der Waals surface area contributed by atoms with E-state index in [0.717, 1.165) is 6.42 Å². The summed E-state index contributed by atoms with van der Waals surface area (Å²) in [6.45, 7) is 4.98. The molecule has 2 nitrogen and oxygen atoms in total. The second kappa shape index (κ2) is 5.89. The van der Waals surface area contributed by atoms with Gasteiger partial charge in [-0.1, -0.05) is 29.8 Å². The predicted molar refractivity (Wildman–Crippen MR) is 83.2 cm³/mol. The highest BCUT2D eigenvalue weighted by atomic mass is 15.1. The lowest BCUT2D eigenvalue weighted by atomic mass is 10.1. The molecule has 2 N–H and O–H groups in total. The zero-order chi connectivity index (χ0) is 13.8. The molecule has 0 unspecified atom stereocenters. The normalized spacial score (nSPS) is 10.5. The minimum Gasteiger partial charge on any atom is -0.344 e. The van der Waals surface area contributed by atoms with Crippen molar-refractivity contribution < 1.29 is 0 Å². The van der Waals surface area contributed by atoms with Crippen molar-refractivity contribution in [3.63, 3.8) is 0 Å². The summed E-state index contributed by atoms with van der Waals surface area (Å²) in [6.07, 6.45) is 0.938. The monoisotopic (exact) mass is 254 g/mol. The second-order valence-electron chi connectivity index (χ2n) is 5.05. The van der Waals surface area contributed by atoms with Gasteiger partial charge in [0.2, 0.25) is 0 Å². The van der Waals surface area contributed by atoms with Gasteiger partial charge in [0.15, 0.2) is 0 Å². The molecule has 100 valence electrons. The lowest BCUT2D eigenvalue weighted by Crippen LogP contribution is -2.11. The Morgan fingerprint density at radius 1 is 1.00 bits per heavy atom. The Morgan fingerprint density at radius 3 is 2.26 bits per heavy atom. The van der Waals surface area contributed by atoms with Crippen LogP contribution in [-0.4, -0.2) is 13.6 Å². The van der Waals surface area contributed by atoms with Crippen molar-refractivity contribution in [3.8, 4) is 0 Å². The number of hydrogen-bond donors (Lipinski definition) is 1. The molecule has 2 heteroatoms. The minimum absolute atomic E-state index is 0.701. The van der Waals surface area contributed by atoms with E-state index in [1.54, 1.807) is 0 Å². The van der Waals surface area contributed by atoms with E-state index in [1.807, 2.05) is 0 Å². The molecule has 0 bridgehead atoms. The van der Waals surface area contributed by atoms with Crippen molar-refractivity contribution >= 4 is 11.4 Å². The number of aryl methyl sites for hydroxylation is 2. The van der Waals surface area contributed by atoms with Crippen molar-refractivity contribution in [1.29, 1.82) is 0 Å². The standard InChI is InChI=1S/C17H22N2/c1-13-4-9-17(14(2)12-13)19(3)16-7-5-15(6-8-16)10-11-18/h4-9,12H,10-11,18H2,1-3H3. The average molecular weight is 254 g/mol. The maximum Gasteiger partial charge on any atom is 0.0437 e. The van der Waals surface area contributed by atoms with Crippen LogP contribution < -0.4 is 10.6 Å². The fraction of sp³-hybridized carbons (Fsp3) is 0.294. The van der Waals surface area contributed by atoms with Crippen molar-refractivity contribution in [2.45, 2.75) is 20.3 Å². The first kappa shape index (κ1) is 13.6. The number of nitrogens with two attached hydrogens (primary N) is 1. The summed E-state index contributed by atoms with van der Waals surface area (Å²) in [5.74, 6) is 0. The van der Waals surface area contributed by atoms with E-state index in [9.17, 15) is 0 Å². The fourth-order valence-corrected chi connectivity index (χ4v) is 2.37. The largest absolute Gasteiger partial charge is 0.344 e. The highest BCUT2D eigenvalue weighted by molar-refractivity contribution is 5.66. The van der Waals surface area contributed by atoms with E-state index in [0.29, 0.717) is 6.54 Å². The van der Waals surface area contributed by atoms with Gasteiger partial charge in [0.1, 0.15) is 0 Å². The van der Waals surface area contributed by atoms with Gasteiger partial charge >= 0.3 is 0 Å². The number of hydrogen-bond acceptors (Lipinski definition) is 2. The van der Waals surface area contributed by atoms with E-state index in [-0.39, 0.29) is 0 Å². The molecule has 0 aliphatic heterocycles. The van der Waals surface area contributed by atoms with Crippen molar-refractivity contribution in [3.05, 3.63) is 59.2 Å². The van der Waals surface area contributed by atoms with E-state index in [4.69, 9.17) is 5.73 Å². The molecule has 2 aromatic carbocycles. The molecule has 0 radical (unpaired) electrons. The first-order valence-corrected chi connectivity index (χ1v) is 6.72. The molecule has 0 saturated carbocycles. The third-order valence-corrected chi connectivity index (χ3v) is 3.47. The van der Waals surface area contributed by atoms with Crippen LogP contribution >= 0.6 is 0 Å². The molecule has 0 atom stereocenters. The van der Waals surface area contributed by atoms with Crippen molar-refractivity contribution in [2.75, 3.05) is 18.5 Å². The van der Waals surface area contributed by atoms with Crippen LogP contribution in [-0.2, 0) is 6.42 Å². The minimum atomic E-state index is 0.701. The molecule has 0 aliphatic rings. The zero-order valence-corrected chi connectivity index (χ0v) is 12.0. The van der Waals surface area contributed by atoms with Crippen LogP contribution in [0.4, 0.5) is 11.4 Å². The Morgan fingerprint density at radius 2 is 1.68 bits per heavy atom. The van der Waals surface area contributed by atoms with Gasteiger partial charge in [0.25, 0.3) is 0 Å². The average Bonchev–Trinajstić information content (AvgIpc) is 2.39. The Bertz CT molecular complexity index is 544. The van der Waals surface area contributed by atoms with Crippen LogP contribution in [0, 0.1) is 13.8 Å². The van der Waals surface area contributed by atoms with Crippen molar-refractivity contribution in [2.24, 2.45) is 5.73 Å². The molecule has 0 amide bonds. The molecule has 2 rings (SSSR count). The number of rotatable bonds is 4. The molecule has 0 heterocycles. The smallest absolute Gasteiger partial charge is 0.0437 e. The molecule has 0 aromatic heterocycles. The highest BCUT2D eigenvalue weighted by Crippen LogP contribution is 2.27. The highest BCUT2D eigenvalue weighted by Gasteiger charge is 2.06. The molecular weight excluding hydrogens is 232 g/mol. The van der Waals surface area contributed by atoms with Crippen LogP contribution in [0.5, 0.6) is 0 Å². The Labute approximate surface area is 115 Å². The molecular formula is C17H22N2. The Kier molecular flexibility index (Phi) is 4.23. The topological polar surface area (TPSA) is 29.3 Å². The summed E-state index contributed by atoms with van der Waals surface area (Å²) in [5.41, 5.74) is 11.9. The molecule has 19 heavy (non-hydrogen) atoms. The van der Waals surface area contributed by atoms with Gasteiger partial charge < -0.3 is 10.6 Å². The number of benzene rings is 2. The second-order valence-corrected chi connectivity index (χ2v) is 5.05. The van der Waals surface area contributed by atoms with Crippen LogP contribution in [0.15, 0.2) is 42.5 Å². The van der Waals surface area contributed by atoms with E-state index >= 15 is 0 Å². The van der Waals surface area contributed by atoms with Gasteiger partial charge in [-0.05, 0) is 56.1 Å². The molecule has 2 aromatic rings. The lowest BCUT2D eigenvalue weighted by molar-refractivity contribution is 0.968. The van der Waals surface area contributed by atoms with Gasteiger partial charge in [0.05, 0.1) is 0 Å². The first-order chi connectivity index (χ1) is 9.11. The fourth-order valence-electron chi connectivity index (χ4n) is 2.37. The van der Waals surface area contributed by atoms with Crippen LogP contribution in [0.2, 0.25) is 0 Å². The third kappa shape index (κ3) is 3.15. The quantitative estimate of drug-likeness (QED) is 0.903. The van der Waals surface area contributed by atoms with E-state index in [1.165, 1.54) is 28.1 Å². The van der Waals surface area contributed by atoms with Gasteiger partial charge in [-0.3, -0.25) is 0 Å². The summed E-state index contributed by atoms with van der Waals surface area (Å²) in [6, 6.07) is 15.2. The number of anilines is 2. The van der Waals surface area contributed by atoms with Crippen molar-refractivity contribution in [1.82, 2.24) is 0 Å². The van der Waals surface area contributed by atoms with Gasteiger partial charge in [-0.15, -0.1) is 0 Å². The van der Waals surface area contributed by atoms with Crippen LogP contribution in [0.3, 0.4) is 0 Å². The zero-order valence-electron chi connectivity index (χ0n) is 12.0. The predicted octanol–water partition coefficient (Wildman–Crippen LogP) is 3.57. The van der Waals surface area contributed by atoms with Crippen LogP contribution in [0.1, 0.15) is 16.7 Å². The van der Waals surface area contributed by atoms with Gasteiger partial charge in [-0.25, -0.2) is 0 Å². The van der Waals surface area contributed by atoms with E-state index < -0.39 is 0 Å². The summed E-state index contributed by atoms with van der Waals surface area (Å²) in [4.78, 5) is 2.22. The van der Waals surface area contributed by atoms with Gasteiger partial charge in [-0.2, -0.15) is 0 Å². The summed E-state index contributed by atoms with van der Waals surface area (Å²) >= 11 is 0. The lowest BCUT2D eigenvalue weighted by Gasteiger charge is -2.22. The maximum atomic E-state index is 5.57. The Hall–Kier alpha value is -1.80. The Balaban J connectivity index is 2.25. The number of nitrogens with zero attached hydrogens (tertiary/aromatic N) is 1. The summed E-state index contributed by atoms with van der Waals surface area (Å²) < 4.78 is 0. The molecule has 0 fully saturated rings. The van der Waals surface area contributed by atoms with Gasteiger partial charge in [0, 0.05) is 18.4 Å². The van der Waals surface area contributed by atoms with Crippen LogP contribution in [0.25, 0.3) is 0 Å².